The molecule has 0 bridgehead atoms. The minimum absolute atomic E-state index is 0.00290. The Balaban J connectivity index is 1.76. The summed E-state index contributed by atoms with van der Waals surface area (Å²) in [5.74, 6) is -1.52. The van der Waals surface area contributed by atoms with Gasteiger partial charge in [0.1, 0.15) is 6.54 Å². The molecule has 32 heavy (non-hydrogen) atoms. The lowest BCUT2D eigenvalue weighted by Gasteiger charge is -2.12. The average Bonchev–Trinajstić information content (AvgIpc) is 2.99. The first-order chi connectivity index (χ1) is 14.9. The number of halogens is 3. The van der Waals surface area contributed by atoms with Crippen molar-refractivity contribution in [3.8, 4) is 0 Å². The molecule has 0 fully saturated rings. The van der Waals surface area contributed by atoms with Crippen LogP contribution in [-0.2, 0) is 27.9 Å². The van der Waals surface area contributed by atoms with Crippen LogP contribution in [0.15, 0.2) is 48.5 Å². The summed E-state index contributed by atoms with van der Waals surface area (Å²) < 4.78 is 63.4. The quantitative estimate of drug-likeness (QED) is 0.491. The molecule has 2 aromatic carbocycles. The molecule has 0 aliphatic carbocycles. The first-order valence-electron chi connectivity index (χ1n) is 9.16. The highest BCUT2D eigenvalue weighted by Gasteiger charge is 2.46. The van der Waals surface area contributed by atoms with Crippen molar-refractivity contribution in [1.82, 2.24) is 9.88 Å². The van der Waals surface area contributed by atoms with E-state index in [1.807, 2.05) is 0 Å². The van der Waals surface area contributed by atoms with E-state index in [-0.39, 0.29) is 24.3 Å². The first kappa shape index (κ1) is 23.1. The number of sulfonamides is 1. The number of rotatable bonds is 7. The molecule has 3 aromatic rings. The number of anilines is 1. The van der Waals surface area contributed by atoms with Crippen LogP contribution >= 0.6 is 0 Å². The van der Waals surface area contributed by atoms with Crippen molar-refractivity contribution in [1.29, 1.82) is 0 Å². The summed E-state index contributed by atoms with van der Waals surface area (Å²) in [6.07, 6.45) is 0. The van der Waals surface area contributed by atoms with Gasteiger partial charge >= 0.3 is 21.5 Å². The van der Waals surface area contributed by atoms with Crippen LogP contribution in [0.25, 0.3) is 10.9 Å². The number of hydrogen-bond donors (Lipinski definition) is 3. The molecular formula is C20H18F3N3O5S. The van der Waals surface area contributed by atoms with Gasteiger partial charge in [-0.3, -0.25) is 9.52 Å². The van der Waals surface area contributed by atoms with Crippen molar-refractivity contribution < 1.29 is 36.3 Å². The van der Waals surface area contributed by atoms with E-state index in [0.29, 0.717) is 22.2 Å². The Morgan fingerprint density at radius 1 is 1.09 bits per heavy atom. The number of carboxylic acids is 1. The van der Waals surface area contributed by atoms with Gasteiger partial charge < -0.3 is 15.0 Å². The zero-order chi connectivity index (χ0) is 23.7. The van der Waals surface area contributed by atoms with Gasteiger partial charge in [0.2, 0.25) is 5.91 Å². The van der Waals surface area contributed by atoms with Crippen molar-refractivity contribution in [3.63, 3.8) is 0 Å². The molecule has 1 amide bonds. The molecule has 0 saturated heterocycles. The zero-order valence-corrected chi connectivity index (χ0v) is 17.4. The maximum Gasteiger partial charge on any atom is 0.516 e. The Hall–Kier alpha value is -3.54. The molecule has 0 atom stereocenters. The maximum absolute atomic E-state index is 12.6. The van der Waals surface area contributed by atoms with E-state index in [4.69, 9.17) is 0 Å². The second-order valence-electron chi connectivity index (χ2n) is 6.94. The van der Waals surface area contributed by atoms with E-state index in [1.165, 1.54) is 29.0 Å². The molecule has 170 valence electrons. The highest BCUT2D eigenvalue weighted by Crippen LogP contribution is 2.28. The van der Waals surface area contributed by atoms with Gasteiger partial charge in [-0.25, -0.2) is 4.79 Å². The molecule has 3 rings (SSSR count). The lowest BCUT2D eigenvalue weighted by atomic mass is 10.1. The van der Waals surface area contributed by atoms with Gasteiger partial charge in [0.05, 0.1) is 5.56 Å². The molecule has 1 heterocycles. The normalized spacial score (nSPS) is 12.0. The molecule has 0 aliphatic heterocycles. The van der Waals surface area contributed by atoms with Crippen LogP contribution in [0.4, 0.5) is 18.9 Å². The minimum atomic E-state index is -5.55. The van der Waals surface area contributed by atoms with E-state index >= 15 is 0 Å². The summed E-state index contributed by atoms with van der Waals surface area (Å²) in [5.41, 5.74) is -4.06. The van der Waals surface area contributed by atoms with Gasteiger partial charge in [-0.2, -0.15) is 21.6 Å². The molecular weight excluding hydrogens is 451 g/mol. The molecule has 3 N–H and O–H groups in total. The Kier molecular flexibility index (Phi) is 6.17. The number of fused-ring (bicyclic) bond motifs is 1. The van der Waals surface area contributed by atoms with E-state index in [0.717, 1.165) is 0 Å². The second kappa shape index (κ2) is 8.54. The fourth-order valence-corrected chi connectivity index (χ4v) is 3.72. The number of carboxylic acid groups (broad SMARTS) is 1. The van der Waals surface area contributed by atoms with Crippen LogP contribution in [0.2, 0.25) is 0 Å². The van der Waals surface area contributed by atoms with Crippen LogP contribution in [0, 0.1) is 6.92 Å². The van der Waals surface area contributed by atoms with E-state index < -0.39 is 27.4 Å². The van der Waals surface area contributed by atoms with Crippen molar-refractivity contribution in [2.24, 2.45) is 0 Å². The number of hydrogen-bond acceptors (Lipinski definition) is 4. The smallest absolute Gasteiger partial charge is 0.478 e. The van der Waals surface area contributed by atoms with Crippen LogP contribution in [0.1, 0.15) is 21.6 Å². The van der Waals surface area contributed by atoms with E-state index in [9.17, 15) is 36.3 Å². The number of aromatic nitrogens is 1. The number of nitrogens with one attached hydrogen (secondary N) is 2. The molecule has 12 heteroatoms. The number of aryl methyl sites for hydroxylation is 1. The molecule has 0 spiro atoms. The van der Waals surface area contributed by atoms with Crippen molar-refractivity contribution in [3.05, 3.63) is 65.4 Å². The third kappa shape index (κ3) is 4.85. The van der Waals surface area contributed by atoms with Gasteiger partial charge in [-0.15, -0.1) is 0 Å². The van der Waals surface area contributed by atoms with Gasteiger partial charge in [0.15, 0.2) is 0 Å². The van der Waals surface area contributed by atoms with Crippen molar-refractivity contribution in [2.45, 2.75) is 25.5 Å². The highest BCUT2D eigenvalue weighted by molar-refractivity contribution is 7.93. The largest absolute Gasteiger partial charge is 0.516 e. The minimum Gasteiger partial charge on any atom is -0.478 e. The molecule has 0 radical (unpaired) electrons. The number of nitrogens with zero attached hydrogens (tertiary/aromatic N) is 1. The van der Waals surface area contributed by atoms with Crippen molar-refractivity contribution in [2.75, 3.05) is 4.72 Å². The Morgan fingerprint density at radius 2 is 1.78 bits per heavy atom. The lowest BCUT2D eigenvalue weighted by molar-refractivity contribution is -0.121. The van der Waals surface area contributed by atoms with Crippen LogP contribution < -0.4 is 10.0 Å². The predicted octanol–water partition coefficient (Wildman–Crippen LogP) is 3.23. The summed E-state index contributed by atoms with van der Waals surface area (Å²) in [6.45, 7) is 1.56. The molecule has 0 saturated carbocycles. The van der Waals surface area contributed by atoms with E-state index in [1.54, 1.807) is 35.8 Å². The molecule has 8 nitrogen and oxygen atoms in total. The number of carbonyl (C=O) groups excluding carboxylic acids is 1. The number of amides is 1. The fraction of sp³-hybridized carbons (Fsp3) is 0.200. The Morgan fingerprint density at radius 3 is 2.44 bits per heavy atom. The monoisotopic (exact) mass is 469 g/mol. The summed E-state index contributed by atoms with van der Waals surface area (Å²) in [5, 5.41) is 12.3. The standard InChI is InChI=1S/C20H18F3N3O5S/c1-12-8-14-9-15(25-32(30,31)20(21,22)23)6-7-17(14)26(12)11-18(27)24-10-13-4-2-3-5-16(13)19(28)29/h2-9,25H,10-11H2,1H3,(H,24,27)(H,28,29). The molecule has 0 aliphatic rings. The third-order valence-electron chi connectivity index (χ3n) is 4.69. The SMILES string of the molecule is Cc1cc2cc(NS(=O)(=O)C(F)(F)F)ccc2n1CC(=O)NCc1ccccc1C(=O)O. The van der Waals surface area contributed by atoms with Gasteiger partial charge in [-0.05, 0) is 42.8 Å². The van der Waals surface area contributed by atoms with Crippen molar-refractivity contribution >= 4 is 38.5 Å². The molecule has 0 unspecified atom stereocenters. The van der Waals surface area contributed by atoms with Crippen LogP contribution in [0.5, 0.6) is 0 Å². The number of benzene rings is 2. The summed E-state index contributed by atoms with van der Waals surface area (Å²) in [4.78, 5) is 23.7. The number of aromatic carboxylic acids is 1. The van der Waals surface area contributed by atoms with E-state index in [2.05, 4.69) is 5.32 Å². The number of alkyl halides is 3. The van der Waals surface area contributed by atoms with Crippen LogP contribution in [-0.4, -0.2) is 35.5 Å². The average molecular weight is 469 g/mol. The Labute approximate surface area is 180 Å². The summed E-state index contributed by atoms with van der Waals surface area (Å²) >= 11 is 0. The number of carbonyl (C=O) groups is 2. The maximum atomic E-state index is 12.6. The lowest BCUT2D eigenvalue weighted by Crippen LogP contribution is -2.29. The highest BCUT2D eigenvalue weighted by atomic mass is 32.2. The Bertz CT molecular complexity index is 1300. The van der Waals surface area contributed by atoms with Gasteiger partial charge in [-0.1, -0.05) is 18.2 Å². The topological polar surface area (TPSA) is 118 Å². The second-order valence-corrected chi connectivity index (χ2v) is 8.61. The fourth-order valence-electron chi connectivity index (χ4n) is 3.17. The summed E-state index contributed by atoms with van der Waals surface area (Å²) in [7, 11) is -5.55. The van der Waals surface area contributed by atoms with Crippen LogP contribution in [0.3, 0.4) is 0 Å². The van der Waals surface area contributed by atoms with Gasteiger partial charge in [0.25, 0.3) is 0 Å². The first-order valence-corrected chi connectivity index (χ1v) is 10.6. The van der Waals surface area contributed by atoms with Gasteiger partial charge in [0, 0.05) is 28.8 Å². The summed E-state index contributed by atoms with van der Waals surface area (Å²) in [6, 6.07) is 11.7. The predicted molar refractivity (Wildman–Crippen MR) is 111 cm³/mol. The zero-order valence-electron chi connectivity index (χ0n) is 16.6. The molecule has 1 aromatic heterocycles. The third-order valence-corrected chi connectivity index (χ3v) is 5.80.